The Balaban J connectivity index is 2.39. The number of hydrogen-bond acceptors (Lipinski definition) is 12. The summed E-state index contributed by atoms with van der Waals surface area (Å²) in [7, 11) is -5.15. The van der Waals surface area contributed by atoms with Gasteiger partial charge in [-0.25, -0.2) is 4.57 Å². The highest BCUT2D eigenvalue weighted by atomic mass is 31.2. The molecule has 0 saturated heterocycles. The van der Waals surface area contributed by atoms with Gasteiger partial charge in [0, 0.05) is 12.8 Å². The standard InChI is InChI=1S/C57H99O13P/c1-3-5-7-9-11-13-15-17-19-21-23-24-25-26-28-29-31-33-35-37-39-41-43-45-50(58)67-47-49(48-68-71(65,66)70-57-55(63)53(61)52(60)54(62)56(57)64)69-51(59)46-44-42-40-38-36-34-32-30-27-22-20-18-16-14-12-10-8-6-4-2/h6,8,12,14,18,20,27,30,34,36,40,42,49,52-57,60-64H,3-5,7,9-11,13,15-17,19,21-26,28-29,31-33,35,37-39,41,43-48H2,1-2H3,(H,65,66)/b8-6+,14-12+,20-18+,30-27+,36-34+,42-40+/t49-,52?,53-,54?,55?,56?,57?/m0/s1. The van der Waals surface area contributed by atoms with Crippen LogP contribution in [0.3, 0.4) is 0 Å². The molecule has 8 atom stereocenters. The Bertz CT molecular complexity index is 1510. The fourth-order valence-corrected chi connectivity index (χ4v) is 9.17. The van der Waals surface area contributed by atoms with Gasteiger partial charge in [0.05, 0.1) is 6.61 Å². The SMILES string of the molecule is CC/C=C/C/C=C/C/C=C/C/C=C/C/C=C/C/C=C/CCC(=O)O[C@@H](COC(=O)CCCCCCCCCCCCCCCCCCCCCCCCC)COP(=O)(O)OC1C(O)C(O)C(O)[C@H](O)C1O. The monoisotopic (exact) mass is 1020 g/mol. The molecule has 1 fully saturated rings. The van der Waals surface area contributed by atoms with Crippen LogP contribution < -0.4 is 0 Å². The molecule has 0 heterocycles. The summed E-state index contributed by atoms with van der Waals surface area (Å²) >= 11 is 0. The predicted octanol–water partition coefficient (Wildman–Crippen LogP) is 12.6. The van der Waals surface area contributed by atoms with E-state index in [-0.39, 0.29) is 12.8 Å². The Hall–Kier alpha value is -2.71. The van der Waals surface area contributed by atoms with Gasteiger partial charge in [-0.15, -0.1) is 0 Å². The summed E-state index contributed by atoms with van der Waals surface area (Å²) in [5.41, 5.74) is 0. The molecule has 0 bridgehead atoms. The fraction of sp³-hybridized carbons (Fsp3) is 0.754. The zero-order valence-electron chi connectivity index (χ0n) is 44.0. The van der Waals surface area contributed by atoms with E-state index < -0.39 is 75.7 Å². The van der Waals surface area contributed by atoms with Crippen molar-refractivity contribution in [3.63, 3.8) is 0 Å². The van der Waals surface area contributed by atoms with Crippen LogP contribution in [0.25, 0.3) is 0 Å². The lowest BCUT2D eigenvalue weighted by molar-refractivity contribution is -0.220. The number of ether oxygens (including phenoxy) is 2. The van der Waals surface area contributed by atoms with Crippen molar-refractivity contribution in [2.45, 2.75) is 262 Å². The van der Waals surface area contributed by atoms with Gasteiger partial charge >= 0.3 is 19.8 Å². The maximum absolute atomic E-state index is 12.9. The summed E-state index contributed by atoms with van der Waals surface area (Å²) < 4.78 is 33.6. The summed E-state index contributed by atoms with van der Waals surface area (Å²) in [5, 5.41) is 50.3. The van der Waals surface area contributed by atoms with Crippen molar-refractivity contribution >= 4 is 19.8 Å². The minimum absolute atomic E-state index is 0.0298. The quantitative estimate of drug-likeness (QED) is 0.0145. The molecule has 0 aromatic carbocycles. The van der Waals surface area contributed by atoms with Crippen molar-refractivity contribution in [2.75, 3.05) is 13.2 Å². The van der Waals surface area contributed by atoms with E-state index in [1.54, 1.807) is 0 Å². The second-order valence-electron chi connectivity index (χ2n) is 19.1. The third kappa shape index (κ3) is 37.6. The number of hydrogen-bond donors (Lipinski definition) is 6. The molecule has 6 N–H and O–H groups in total. The number of unbranched alkanes of at least 4 members (excludes halogenated alkanes) is 22. The number of esters is 2. The Kier molecular flexibility index (Phi) is 42.8. The molecule has 0 radical (unpaired) electrons. The van der Waals surface area contributed by atoms with E-state index in [1.165, 1.54) is 122 Å². The molecule has 14 heteroatoms. The first-order valence-corrected chi connectivity index (χ1v) is 29.2. The van der Waals surface area contributed by atoms with E-state index in [2.05, 4.69) is 68.5 Å². The van der Waals surface area contributed by atoms with Crippen molar-refractivity contribution in [2.24, 2.45) is 0 Å². The molecular formula is C57H99O13P. The minimum atomic E-state index is -5.15. The number of aliphatic hydroxyl groups is 5. The van der Waals surface area contributed by atoms with Crippen LogP contribution in [-0.2, 0) is 32.7 Å². The molecule has 6 unspecified atom stereocenters. The summed E-state index contributed by atoms with van der Waals surface area (Å²) in [6, 6.07) is 0. The van der Waals surface area contributed by atoms with Crippen LogP contribution in [0.4, 0.5) is 0 Å². The molecule has 0 aromatic rings. The topological polar surface area (TPSA) is 210 Å². The number of carbonyl (C=O) groups is 2. The second-order valence-corrected chi connectivity index (χ2v) is 20.5. The van der Waals surface area contributed by atoms with Crippen molar-refractivity contribution in [3.05, 3.63) is 72.9 Å². The van der Waals surface area contributed by atoms with Gasteiger partial charge in [-0.2, -0.15) is 0 Å². The molecule has 0 aromatic heterocycles. The number of carbonyl (C=O) groups excluding carboxylic acids is 2. The normalized spacial score (nSPS) is 21.2. The molecule has 1 saturated carbocycles. The highest BCUT2D eigenvalue weighted by Crippen LogP contribution is 2.47. The number of aliphatic hydroxyl groups excluding tert-OH is 5. The van der Waals surface area contributed by atoms with Crippen LogP contribution in [0.15, 0.2) is 72.9 Å². The van der Waals surface area contributed by atoms with Crippen molar-refractivity contribution in [1.82, 2.24) is 0 Å². The van der Waals surface area contributed by atoms with Gasteiger partial charge in [-0.1, -0.05) is 228 Å². The lowest BCUT2D eigenvalue weighted by Gasteiger charge is -2.41. The van der Waals surface area contributed by atoms with Gasteiger partial charge < -0.3 is 39.9 Å². The van der Waals surface area contributed by atoms with Gasteiger partial charge in [0.25, 0.3) is 0 Å². The molecular weight excluding hydrogens is 924 g/mol. The van der Waals surface area contributed by atoms with E-state index in [0.717, 1.165) is 51.4 Å². The Morgan fingerprint density at radius 3 is 1.20 bits per heavy atom. The largest absolute Gasteiger partial charge is 0.472 e. The van der Waals surface area contributed by atoms with E-state index in [4.69, 9.17) is 18.5 Å². The lowest BCUT2D eigenvalue weighted by atomic mass is 9.85. The van der Waals surface area contributed by atoms with Crippen LogP contribution in [-0.4, -0.2) is 98.3 Å². The van der Waals surface area contributed by atoms with Gasteiger partial charge in [-0.05, 0) is 51.4 Å². The van der Waals surface area contributed by atoms with Crippen LogP contribution in [0.5, 0.6) is 0 Å². The molecule has 410 valence electrons. The zero-order valence-corrected chi connectivity index (χ0v) is 44.9. The summed E-state index contributed by atoms with van der Waals surface area (Å²) in [6.45, 7) is 3.16. The lowest BCUT2D eigenvalue weighted by Crippen LogP contribution is -2.64. The Morgan fingerprint density at radius 2 is 0.803 bits per heavy atom. The highest BCUT2D eigenvalue weighted by molar-refractivity contribution is 7.47. The molecule has 0 amide bonds. The van der Waals surface area contributed by atoms with E-state index in [1.807, 2.05) is 18.2 Å². The van der Waals surface area contributed by atoms with Crippen LogP contribution in [0, 0.1) is 0 Å². The van der Waals surface area contributed by atoms with Gasteiger partial charge in [0.1, 0.15) is 43.2 Å². The van der Waals surface area contributed by atoms with Crippen LogP contribution in [0.1, 0.15) is 219 Å². The average Bonchev–Trinajstić information content (AvgIpc) is 3.35. The molecule has 1 aliphatic carbocycles. The van der Waals surface area contributed by atoms with Gasteiger partial charge in [0.2, 0.25) is 0 Å². The summed E-state index contributed by atoms with van der Waals surface area (Å²) in [4.78, 5) is 35.9. The Labute approximate surface area is 429 Å². The smallest absolute Gasteiger partial charge is 0.462 e. The molecule has 0 aliphatic heterocycles. The third-order valence-corrected chi connectivity index (χ3v) is 13.6. The number of phosphoric acid groups is 1. The molecule has 71 heavy (non-hydrogen) atoms. The zero-order chi connectivity index (χ0) is 52.1. The molecule has 0 spiro atoms. The number of rotatable bonds is 46. The van der Waals surface area contributed by atoms with E-state index in [9.17, 15) is 44.6 Å². The average molecular weight is 1020 g/mol. The second kappa shape index (κ2) is 45.9. The van der Waals surface area contributed by atoms with Crippen LogP contribution >= 0.6 is 7.82 Å². The van der Waals surface area contributed by atoms with Gasteiger partial charge in [0.15, 0.2) is 6.10 Å². The van der Waals surface area contributed by atoms with Crippen LogP contribution in [0.2, 0.25) is 0 Å². The molecule has 1 aliphatic rings. The maximum atomic E-state index is 12.9. The van der Waals surface area contributed by atoms with E-state index in [0.29, 0.717) is 19.3 Å². The summed E-state index contributed by atoms with van der Waals surface area (Å²) in [6.07, 6.45) is 46.8. The molecule has 1 rings (SSSR count). The van der Waals surface area contributed by atoms with Crippen molar-refractivity contribution < 1.29 is 63.1 Å². The number of phosphoric ester groups is 1. The number of allylic oxidation sites excluding steroid dienone is 12. The first-order chi connectivity index (χ1) is 34.4. The van der Waals surface area contributed by atoms with Gasteiger partial charge in [-0.3, -0.25) is 18.6 Å². The predicted molar refractivity (Wildman–Crippen MR) is 285 cm³/mol. The maximum Gasteiger partial charge on any atom is 0.472 e. The minimum Gasteiger partial charge on any atom is -0.462 e. The highest BCUT2D eigenvalue weighted by Gasteiger charge is 2.51. The third-order valence-electron chi connectivity index (χ3n) is 12.6. The first-order valence-electron chi connectivity index (χ1n) is 27.7. The first kappa shape index (κ1) is 66.3. The van der Waals surface area contributed by atoms with Crippen molar-refractivity contribution in [1.29, 1.82) is 0 Å². The Morgan fingerprint density at radius 1 is 0.451 bits per heavy atom. The fourth-order valence-electron chi connectivity index (χ4n) is 8.20. The molecule has 13 nitrogen and oxygen atoms in total. The summed E-state index contributed by atoms with van der Waals surface area (Å²) in [5.74, 6) is -1.19. The van der Waals surface area contributed by atoms with E-state index >= 15 is 0 Å². The van der Waals surface area contributed by atoms with Crippen molar-refractivity contribution in [3.8, 4) is 0 Å².